The van der Waals surface area contributed by atoms with Gasteiger partial charge in [-0.2, -0.15) is 5.10 Å². The number of hydrogen-bond donors (Lipinski definition) is 0. The molecule has 0 aliphatic carbocycles. The number of pyridine rings is 1. The van der Waals surface area contributed by atoms with Crippen LogP contribution < -0.4 is 4.74 Å². The smallest absolute Gasteiger partial charge is 0.274 e. The molecule has 0 saturated carbocycles. The summed E-state index contributed by atoms with van der Waals surface area (Å²) in [6.07, 6.45) is 5.46. The van der Waals surface area contributed by atoms with Crippen molar-refractivity contribution in [2.75, 3.05) is 26.2 Å². The van der Waals surface area contributed by atoms with E-state index in [0.29, 0.717) is 18.8 Å². The highest BCUT2D eigenvalue weighted by Gasteiger charge is 2.23. The number of carbonyl (C=O) groups excluding carboxylic acids is 1. The summed E-state index contributed by atoms with van der Waals surface area (Å²) in [5.41, 5.74) is 3.95. The molecular formula is C27H27N5O2. The summed E-state index contributed by atoms with van der Waals surface area (Å²) in [4.78, 5) is 21.3. The van der Waals surface area contributed by atoms with Crippen molar-refractivity contribution in [3.05, 3.63) is 103 Å². The van der Waals surface area contributed by atoms with Crippen molar-refractivity contribution in [1.82, 2.24) is 24.6 Å². The van der Waals surface area contributed by atoms with Crippen LogP contribution in [0.4, 0.5) is 0 Å². The SMILES string of the molecule is O=C(c1ccn(COc2ccc(-c3ccccc3)cc2)n1)N1CCN(Cc2cccnc2)CC1. The third-order valence-electron chi connectivity index (χ3n) is 5.97. The minimum atomic E-state index is -0.0352. The summed E-state index contributed by atoms with van der Waals surface area (Å²) in [5.74, 6) is 0.722. The third kappa shape index (κ3) is 5.32. The van der Waals surface area contributed by atoms with Gasteiger partial charge in [-0.15, -0.1) is 0 Å². The van der Waals surface area contributed by atoms with Gasteiger partial charge in [-0.3, -0.25) is 14.7 Å². The average molecular weight is 454 g/mol. The first kappa shape index (κ1) is 21.9. The molecule has 2 aromatic heterocycles. The maximum atomic E-state index is 12.9. The number of rotatable bonds is 7. The first-order valence-corrected chi connectivity index (χ1v) is 11.5. The Hall–Kier alpha value is -3.97. The van der Waals surface area contributed by atoms with Crippen molar-refractivity contribution in [2.45, 2.75) is 13.3 Å². The van der Waals surface area contributed by atoms with Gasteiger partial charge in [-0.25, -0.2) is 4.68 Å². The van der Waals surface area contributed by atoms with Crippen molar-refractivity contribution in [3.63, 3.8) is 0 Å². The van der Waals surface area contributed by atoms with Crippen LogP contribution in [0.25, 0.3) is 11.1 Å². The van der Waals surface area contributed by atoms with Crippen molar-refractivity contribution in [3.8, 4) is 16.9 Å². The Labute approximate surface area is 199 Å². The zero-order valence-electron chi connectivity index (χ0n) is 19.0. The van der Waals surface area contributed by atoms with Crippen LogP contribution in [-0.4, -0.2) is 56.7 Å². The molecule has 0 bridgehead atoms. The number of carbonyl (C=O) groups is 1. The summed E-state index contributed by atoms with van der Waals surface area (Å²) in [7, 11) is 0. The highest BCUT2D eigenvalue weighted by atomic mass is 16.5. The lowest BCUT2D eigenvalue weighted by Crippen LogP contribution is -2.48. The van der Waals surface area contributed by atoms with Crippen LogP contribution in [0.3, 0.4) is 0 Å². The number of hydrogen-bond acceptors (Lipinski definition) is 5. The van der Waals surface area contributed by atoms with E-state index in [0.717, 1.165) is 30.9 Å². The molecule has 2 aromatic carbocycles. The molecule has 7 nitrogen and oxygen atoms in total. The second-order valence-electron chi connectivity index (χ2n) is 8.33. The van der Waals surface area contributed by atoms with Crippen LogP contribution in [0.2, 0.25) is 0 Å². The molecule has 34 heavy (non-hydrogen) atoms. The van der Waals surface area contributed by atoms with Crippen LogP contribution in [0, 0.1) is 0 Å². The molecule has 1 saturated heterocycles. The van der Waals surface area contributed by atoms with Gasteiger partial charge >= 0.3 is 0 Å². The van der Waals surface area contributed by atoms with Crippen LogP contribution in [-0.2, 0) is 13.3 Å². The lowest BCUT2D eigenvalue weighted by atomic mass is 10.1. The quantitative estimate of drug-likeness (QED) is 0.424. The van der Waals surface area contributed by atoms with Crippen molar-refractivity contribution in [1.29, 1.82) is 0 Å². The van der Waals surface area contributed by atoms with E-state index in [9.17, 15) is 4.79 Å². The fraction of sp³-hybridized carbons (Fsp3) is 0.222. The summed E-state index contributed by atoms with van der Waals surface area (Å²) >= 11 is 0. The van der Waals surface area contributed by atoms with Gasteiger partial charge in [0.15, 0.2) is 12.4 Å². The van der Waals surface area contributed by atoms with E-state index in [2.05, 4.69) is 33.2 Å². The van der Waals surface area contributed by atoms with E-state index in [1.807, 2.05) is 59.6 Å². The number of piperazine rings is 1. The van der Waals surface area contributed by atoms with Crippen LogP contribution in [0.5, 0.6) is 5.75 Å². The van der Waals surface area contributed by atoms with Crippen molar-refractivity contribution >= 4 is 5.91 Å². The molecule has 172 valence electrons. The Kier molecular flexibility index (Phi) is 6.63. The predicted molar refractivity (Wildman–Crippen MR) is 130 cm³/mol. The zero-order valence-corrected chi connectivity index (χ0v) is 19.0. The number of nitrogens with zero attached hydrogens (tertiary/aromatic N) is 5. The van der Waals surface area contributed by atoms with Gasteiger partial charge in [0, 0.05) is 51.3 Å². The van der Waals surface area contributed by atoms with E-state index in [1.54, 1.807) is 23.1 Å². The van der Waals surface area contributed by atoms with E-state index in [-0.39, 0.29) is 12.6 Å². The van der Waals surface area contributed by atoms with E-state index >= 15 is 0 Å². The number of aromatic nitrogens is 3. The van der Waals surface area contributed by atoms with Gasteiger partial charge in [0.05, 0.1) is 0 Å². The summed E-state index contributed by atoms with van der Waals surface area (Å²) in [5, 5.41) is 4.43. The molecule has 1 fully saturated rings. The Morgan fingerprint density at radius 2 is 1.62 bits per heavy atom. The Balaban J connectivity index is 1.11. The molecule has 1 amide bonds. The normalized spacial score (nSPS) is 14.2. The molecule has 0 spiro atoms. The van der Waals surface area contributed by atoms with Gasteiger partial charge in [-0.05, 0) is 41.0 Å². The van der Waals surface area contributed by atoms with Crippen LogP contribution in [0.15, 0.2) is 91.4 Å². The molecule has 5 rings (SSSR count). The monoisotopic (exact) mass is 453 g/mol. The molecule has 7 heteroatoms. The molecule has 3 heterocycles. The van der Waals surface area contributed by atoms with Gasteiger partial charge in [0.2, 0.25) is 0 Å². The van der Waals surface area contributed by atoms with Crippen LogP contribution in [0.1, 0.15) is 16.1 Å². The topological polar surface area (TPSA) is 63.5 Å². The Bertz CT molecular complexity index is 1200. The highest BCUT2D eigenvalue weighted by molar-refractivity contribution is 5.92. The molecule has 0 N–H and O–H groups in total. The minimum absolute atomic E-state index is 0.0352. The molecule has 0 radical (unpaired) electrons. The number of benzene rings is 2. The Morgan fingerprint density at radius 1 is 0.853 bits per heavy atom. The molecule has 0 atom stereocenters. The summed E-state index contributed by atoms with van der Waals surface area (Å²) < 4.78 is 7.51. The minimum Gasteiger partial charge on any atom is -0.471 e. The summed E-state index contributed by atoms with van der Waals surface area (Å²) in [6.45, 7) is 4.16. The second-order valence-corrected chi connectivity index (χ2v) is 8.33. The maximum Gasteiger partial charge on any atom is 0.274 e. The van der Waals surface area contributed by atoms with Crippen molar-refractivity contribution in [2.24, 2.45) is 0 Å². The molecule has 4 aromatic rings. The van der Waals surface area contributed by atoms with E-state index in [4.69, 9.17) is 4.74 Å². The first-order valence-electron chi connectivity index (χ1n) is 11.5. The second kappa shape index (κ2) is 10.3. The summed E-state index contributed by atoms with van der Waals surface area (Å²) in [6, 6.07) is 24.0. The fourth-order valence-corrected chi connectivity index (χ4v) is 4.08. The van der Waals surface area contributed by atoms with Gasteiger partial charge in [-0.1, -0.05) is 48.5 Å². The fourth-order valence-electron chi connectivity index (χ4n) is 4.08. The maximum absolute atomic E-state index is 12.9. The zero-order chi connectivity index (χ0) is 23.2. The van der Waals surface area contributed by atoms with E-state index in [1.165, 1.54) is 11.1 Å². The standard InChI is InChI=1S/C27H27N5O2/c33-27(31-17-15-30(16-18-31)20-22-5-4-13-28-19-22)26-12-14-32(29-26)21-34-25-10-8-24(9-11-25)23-6-2-1-3-7-23/h1-14,19H,15-18,20-21H2. The lowest BCUT2D eigenvalue weighted by Gasteiger charge is -2.34. The third-order valence-corrected chi connectivity index (χ3v) is 5.97. The predicted octanol–water partition coefficient (Wildman–Crippen LogP) is 3.94. The lowest BCUT2D eigenvalue weighted by molar-refractivity contribution is 0.0620. The number of amides is 1. The van der Waals surface area contributed by atoms with Gasteiger partial charge in [0.25, 0.3) is 5.91 Å². The average Bonchev–Trinajstić information content (AvgIpc) is 3.38. The molecule has 0 unspecified atom stereocenters. The van der Waals surface area contributed by atoms with Crippen molar-refractivity contribution < 1.29 is 9.53 Å². The van der Waals surface area contributed by atoms with Gasteiger partial charge in [0.1, 0.15) is 5.75 Å². The van der Waals surface area contributed by atoms with E-state index < -0.39 is 0 Å². The molecule has 1 aliphatic heterocycles. The number of ether oxygens (including phenoxy) is 1. The Morgan fingerprint density at radius 3 is 2.35 bits per heavy atom. The molecule has 1 aliphatic rings. The first-order chi connectivity index (χ1) is 16.7. The van der Waals surface area contributed by atoms with Crippen LogP contribution >= 0.6 is 0 Å². The van der Waals surface area contributed by atoms with Gasteiger partial charge < -0.3 is 9.64 Å². The highest BCUT2D eigenvalue weighted by Crippen LogP contribution is 2.22. The largest absolute Gasteiger partial charge is 0.471 e. The molecular weight excluding hydrogens is 426 g/mol.